The number of fused-ring (bicyclic) bond motifs is 1. The number of anilines is 1. The molecular weight excluding hydrogens is 166 g/mol. The van der Waals surface area contributed by atoms with Crippen molar-refractivity contribution in [3.8, 4) is 0 Å². The standard InChI is InChI=1S/C9H10N3O/c1-11-6-7-4-2-3-5-8(7)12(11)9(10)13/h2-3,5H,6H2,1H3,(H2,10,13). The summed E-state index contributed by atoms with van der Waals surface area (Å²) in [6.45, 7) is 0.680. The van der Waals surface area contributed by atoms with Gasteiger partial charge in [-0.15, -0.1) is 0 Å². The van der Waals surface area contributed by atoms with Crippen LogP contribution in [0.4, 0.5) is 10.5 Å². The Hall–Kier alpha value is -1.55. The molecule has 13 heavy (non-hydrogen) atoms. The number of hydrogen-bond donors (Lipinski definition) is 1. The Kier molecular flexibility index (Phi) is 1.70. The van der Waals surface area contributed by atoms with E-state index in [1.807, 2.05) is 25.2 Å². The first-order chi connectivity index (χ1) is 6.20. The molecule has 4 nitrogen and oxygen atoms in total. The molecule has 2 N–H and O–H groups in total. The summed E-state index contributed by atoms with van der Waals surface area (Å²) >= 11 is 0. The van der Waals surface area contributed by atoms with Crippen LogP contribution in [0, 0.1) is 6.07 Å². The van der Waals surface area contributed by atoms with Crippen LogP contribution < -0.4 is 10.7 Å². The lowest BCUT2D eigenvalue weighted by Gasteiger charge is -2.21. The number of hydrogen-bond acceptors (Lipinski definition) is 2. The first-order valence-electron chi connectivity index (χ1n) is 4.00. The van der Waals surface area contributed by atoms with E-state index in [1.54, 1.807) is 5.01 Å². The normalized spacial score (nSPS) is 15.9. The van der Waals surface area contributed by atoms with E-state index in [0.29, 0.717) is 6.54 Å². The zero-order valence-corrected chi connectivity index (χ0v) is 7.32. The number of carbonyl (C=O) groups is 1. The number of hydrazine groups is 1. The van der Waals surface area contributed by atoms with Gasteiger partial charge in [-0.3, -0.25) is 0 Å². The van der Waals surface area contributed by atoms with Crippen molar-refractivity contribution in [1.82, 2.24) is 5.01 Å². The molecule has 0 saturated carbocycles. The lowest BCUT2D eigenvalue weighted by molar-refractivity contribution is 0.234. The maximum Gasteiger partial charge on any atom is 0.334 e. The largest absolute Gasteiger partial charge is 0.350 e. The van der Waals surface area contributed by atoms with Gasteiger partial charge in [-0.05, 0) is 12.1 Å². The van der Waals surface area contributed by atoms with Crippen molar-refractivity contribution >= 4 is 11.7 Å². The Balaban J connectivity index is 2.46. The molecule has 0 saturated heterocycles. The van der Waals surface area contributed by atoms with Crippen molar-refractivity contribution < 1.29 is 4.79 Å². The topological polar surface area (TPSA) is 49.6 Å². The van der Waals surface area contributed by atoms with Gasteiger partial charge in [0.25, 0.3) is 0 Å². The second-order valence-corrected chi connectivity index (χ2v) is 3.00. The smallest absolute Gasteiger partial charge is 0.334 e. The van der Waals surface area contributed by atoms with E-state index in [0.717, 1.165) is 11.3 Å². The van der Waals surface area contributed by atoms with E-state index >= 15 is 0 Å². The number of benzene rings is 1. The SMILES string of the molecule is CN1Cc2[c]cccc2N1C(N)=O. The van der Waals surface area contributed by atoms with Gasteiger partial charge < -0.3 is 5.73 Å². The summed E-state index contributed by atoms with van der Waals surface area (Å²) in [6, 6.07) is 8.15. The van der Waals surface area contributed by atoms with Crippen LogP contribution in [-0.2, 0) is 6.54 Å². The molecule has 2 rings (SSSR count). The number of nitrogens with two attached hydrogens (primary N) is 1. The van der Waals surface area contributed by atoms with Crippen LogP contribution in [0.1, 0.15) is 5.56 Å². The summed E-state index contributed by atoms with van der Waals surface area (Å²) in [6.07, 6.45) is 0. The van der Waals surface area contributed by atoms with Crippen LogP contribution in [-0.4, -0.2) is 18.1 Å². The highest BCUT2D eigenvalue weighted by atomic mass is 16.2. The molecule has 1 aromatic rings. The van der Waals surface area contributed by atoms with Gasteiger partial charge in [0.05, 0.1) is 5.69 Å². The molecule has 0 atom stereocenters. The minimum absolute atomic E-state index is 0.458. The minimum atomic E-state index is -0.458. The number of carbonyl (C=O) groups excluding carboxylic acids is 1. The zero-order chi connectivity index (χ0) is 9.42. The zero-order valence-electron chi connectivity index (χ0n) is 7.32. The summed E-state index contributed by atoms with van der Waals surface area (Å²) in [5, 5.41) is 3.22. The van der Waals surface area contributed by atoms with Gasteiger partial charge in [0, 0.05) is 19.2 Å². The molecule has 1 aromatic carbocycles. The van der Waals surface area contributed by atoms with Crippen LogP contribution in [0.2, 0.25) is 0 Å². The second kappa shape index (κ2) is 2.74. The summed E-state index contributed by atoms with van der Waals surface area (Å²) in [4.78, 5) is 11.1. The highest BCUT2D eigenvalue weighted by Crippen LogP contribution is 2.28. The summed E-state index contributed by atoms with van der Waals surface area (Å²) in [5.41, 5.74) is 7.07. The first kappa shape index (κ1) is 8.07. The van der Waals surface area contributed by atoms with Gasteiger partial charge >= 0.3 is 6.03 Å². The van der Waals surface area contributed by atoms with Crippen molar-refractivity contribution in [3.05, 3.63) is 29.8 Å². The Morgan fingerprint density at radius 2 is 2.46 bits per heavy atom. The highest BCUT2D eigenvalue weighted by molar-refractivity contribution is 5.91. The quantitative estimate of drug-likeness (QED) is 0.633. The monoisotopic (exact) mass is 176 g/mol. The fourth-order valence-electron chi connectivity index (χ4n) is 1.56. The van der Waals surface area contributed by atoms with Crippen molar-refractivity contribution in [2.45, 2.75) is 6.54 Å². The number of amides is 2. The highest BCUT2D eigenvalue weighted by Gasteiger charge is 2.27. The van der Waals surface area contributed by atoms with Crippen LogP contribution in [0.15, 0.2) is 18.2 Å². The third-order valence-corrected chi connectivity index (χ3v) is 2.08. The first-order valence-corrected chi connectivity index (χ1v) is 4.00. The molecule has 0 aliphatic carbocycles. The van der Waals surface area contributed by atoms with Crippen LogP contribution >= 0.6 is 0 Å². The molecule has 0 fully saturated rings. The number of urea groups is 1. The van der Waals surface area contributed by atoms with E-state index in [4.69, 9.17) is 5.73 Å². The van der Waals surface area contributed by atoms with Crippen molar-refractivity contribution in [3.63, 3.8) is 0 Å². The maximum absolute atomic E-state index is 11.1. The number of nitrogens with zero attached hydrogens (tertiary/aromatic N) is 2. The number of primary amides is 1. The van der Waals surface area contributed by atoms with E-state index in [9.17, 15) is 4.79 Å². The van der Waals surface area contributed by atoms with Gasteiger partial charge in [-0.25, -0.2) is 14.8 Å². The predicted molar refractivity (Wildman–Crippen MR) is 48.8 cm³/mol. The predicted octanol–water partition coefficient (Wildman–Crippen LogP) is 0.732. The molecule has 0 bridgehead atoms. The molecule has 0 aromatic heterocycles. The van der Waals surface area contributed by atoms with Crippen molar-refractivity contribution in [2.24, 2.45) is 5.73 Å². The van der Waals surface area contributed by atoms with Crippen LogP contribution in [0.3, 0.4) is 0 Å². The molecule has 0 spiro atoms. The van der Waals surface area contributed by atoms with Gasteiger partial charge in [0.15, 0.2) is 0 Å². The van der Waals surface area contributed by atoms with E-state index in [1.165, 1.54) is 5.01 Å². The minimum Gasteiger partial charge on any atom is -0.350 e. The molecule has 1 aliphatic heterocycles. The lowest BCUT2D eigenvalue weighted by Crippen LogP contribution is -2.43. The van der Waals surface area contributed by atoms with Gasteiger partial charge in [-0.1, -0.05) is 12.1 Å². The Bertz CT molecular complexity index is 350. The molecular formula is C9H10N3O. The Morgan fingerprint density at radius 3 is 3.15 bits per heavy atom. The van der Waals surface area contributed by atoms with Crippen molar-refractivity contribution in [2.75, 3.05) is 12.1 Å². The Morgan fingerprint density at radius 1 is 1.69 bits per heavy atom. The van der Waals surface area contributed by atoms with Gasteiger partial charge in [0.1, 0.15) is 0 Å². The Labute approximate surface area is 76.5 Å². The van der Waals surface area contributed by atoms with Gasteiger partial charge in [-0.2, -0.15) is 0 Å². The molecule has 1 heterocycles. The summed E-state index contributed by atoms with van der Waals surface area (Å²) in [5.74, 6) is 0. The summed E-state index contributed by atoms with van der Waals surface area (Å²) in [7, 11) is 1.82. The molecule has 0 unspecified atom stereocenters. The van der Waals surface area contributed by atoms with Crippen LogP contribution in [0.5, 0.6) is 0 Å². The van der Waals surface area contributed by atoms with E-state index in [-0.39, 0.29) is 0 Å². The van der Waals surface area contributed by atoms with E-state index < -0.39 is 6.03 Å². The summed E-state index contributed by atoms with van der Waals surface area (Å²) < 4.78 is 0. The fourth-order valence-corrected chi connectivity index (χ4v) is 1.56. The molecule has 2 amide bonds. The fraction of sp³-hybridized carbons (Fsp3) is 0.222. The third kappa shape index (κ3) is 1.15. The van der Waals surface area contributed by atoms with Crippen LogP contribution in [0.25, 0.3) is 0 Å². The molecule has 1 aliphatic rings. The third-order valence-electron chi connectivity index (χ3n) is 2.08. The molecule has 1 radical (unpaired) electrons. The van der Waals surface area contributed by atoms with Gasteiger partial charge in [0.2, 0.25) is 0 Å². The maximum atomic E-state index is 11.1. The average molecular weight is 176 g/mol. The molecule has 67 valence electrons. The average Bonchev–Trinajstić information content (AvgIpc) is 2.39. The molecule has 4 heteroatoms. The second-order valence-electron chi connectivity index (χ2n) is 3.00. The van der Waals surface area contributed by atoms with Crippen molar-refractivity contribution in [1.29, 1.82) is 0 Å². The lowest BCUT2D eigenvalue weighted by atomic mass is 10.2. The number of rotatable bonds is 0. The van der Waals surface area contributed by atoms with E-state index in [2.05, 4.69) is 6.07 Å².